The summed E-state index contributed by atoms with van der Waals surface area (Å²) in [6, 6.07) is 9.38. The summed E-state index contributed by atoms with van der Waals surface area (Å²) in [6.07, 6.45) is 0. The van der Waals surface area contributed by atoms with Crippen LogP contribution in [0.15, 0.2) is 36.4 Å². The minimum Gasteiger partial charge on any atom is -0.478 e. The standard InChI is InChI=1S/C16H17FN2O2/c1-9-7-13(8-14(15(9)18)16(20)21)19-10(2)11-3-5-12(17)6-4-11/h3-8,10,19H,18H2,1-2H3,(H,20,21). The van der Waals surface area contributed by atoms with Gasteiger partial charge in [0, 0.05) is 17.4 Å². The third-order valence-corrected chi connectivity index (χ3v) is 3.37. The number of rotatable bonds is 4. The monoisotopic (exact) mass is 288 g/mol. The zero-order chi connectivity index (χ0) is 15.6. The van der Waals surface area contributed by atoms with Gasteiger partial charge in [-0.25, -0.2) is 9.18 Å². The Bertz CT molecular complexity index is 669. The van der Waals surface area contributed by atoms with Gasteiger partial charge in [-0.15, -0.1) is 0 Å². The van der Waals surface area contributed by atoms with Gasteiger partial charge in [0.1, 0.15) is 5.82 Å². The van der Waals surface area contributed by atoms with Gasteiger partial charge in [0.15, 0.2) is 0 Å². The predicted octanol–water partition coefficient (Wildman–Crippen LogP) is 3.59. The van der Waals surface area contributed by atoms with Crippen LogP contribution in [0.3, 0.4) is 0 Å². The van der Waals surface area contributed by atoms with Crippen molar-refractivity contribution in [2.24, 2.45) is 0 Å². The Labute approximate surface area is 122 Å². The maximum Gasteiger partial charge on any atom is 0.337 e. The molecule has 0 spiro atoms. The summed E-state index contributed by atoms with van der Waals surface area (Å²) in [6.45, 7) is 3.68. The number of hydrogen-bond donors (Lipinski definition) is 3. The fraction of sp³-hybridized carbons (Fsp3) is 0.188. The Morgan fingerprint density at radius 1 is 1.29 bits per heavy atom. The molecule has 21 heavy (non-hydrogen) atoms. The zero-order valence-corrected chi connectivity index (χ0v) is 11.9. The van der Waals surface area contributed by atoms with Crippen LogP contribution < -0.4 is 11.1 Å². The number of carboxylic acids is 1. The summed E-state index contributed by atoms with van der Waals surface area (Å²) >= 11 is 0. The number of carboxylic acid groups (broad SMARTS) is 1. The van der Waals surface area contributed by atoms with E-state index in [1.54, 1.807) is 25.1 Å². The lowest BCUT2D eigenvalue weighted by molar-refractivity contribution is 0.0698. The van der Waals surface area contributed by atoms with Crippen molar-refractivity contribution in [3.63, 3.8) is 0 Å². The van der Waals surface area contributed by atoms with Crippen molar-refractivity contribution in [2.45, 2.75) is 19.9 Å². The lowest BCUT2D eigenvalue weighted by Gasteiger charge is -2.17. The van der Waals surface area contributed by atoms with Crippen molar-refractivity contribution < 1.29 is 14.3 Å². The van der Waals surface area contributed by atoms with Crippen molar-refractivity contribution in [1.29, 1.82) is 0 Å². The zero-order valence-electron chi connectivity index (χ0n) is 11.9. The summed E-state index contributed by atoms with van der Waals surface area (Å²) in [4.78, 5) is 11.2. The molecular formula is C16H17FN2O2. The van der Waals surface area contributed by atoms with Gasteiger partial charge in [-0.3, -0.25) is 0 Å². The van der Waals surface area contributed by atoms with E-state index in [-0.39, 0.29) is 23.1 Å². The van der Waals surface area contributed by atoms with Gasteiger partial charge in [-0.1, -0.05) is 12.1 Å². The number of nitrogen functional groups attached to an aromatic ring is 1. The van der Waals surface area contributed by atoms with Crippen LogP contribution in [-0.2, 0) is 0 Å². The first-order valence-corrected chi connectivity index (χ1v) is 6.54. The molecule has 0 radical (unpaired) electrons. The third-order valence-electron chi connectivity index (χ3n) is 3.37. The summed E-state index contributed by atoms with van der Waals surface area (Å²) in [5, 5.41) is 12.3. The third kappa shape index (κ3) is 3.31. The lowest BCUT2D eigenvalue weighted by atomic mass is 10.0. The van der Waals surface area contributed by atoms with Crippen molar-refractivity contribution in [2.75, 3.05) is 11.1 Å². The average Bonchev–Trinajstić information content (AvgIpc) is 2.43. The normalized spacial score (nSPS) is 12.0. The fourth-order valence-electron chi connectivity index (χ4n) is 2.14. The quantitative estimate of drug-likeness (QED) is 0.752. The number of anilines is 2. The minimum absolute atomic E-state index is 0.0730. The van der Waals surface area contributed by atoms with E-state index in [1.165, 1.54) is 18.2 Å². The smallest absolute Gasteiger partial charge is 0.337 e. The molecule has 2 aromatic rings. The number of aromatic carboxylic acids is 1. The molecule has 0 saturated carbocycles. The predicted molar refractivity (Wildman–Crippen MR) is 81.0 cm³/mol. The molecule has 2 rings (SSSR count). The molecule has 110 valence electrons. The van der Waals surface area contributed by atoms with E-state index in [0.29, 0.717) is 11.3 Å². The number of hydrogen-bond acceptors (Lipinski definition) is 3. The Kier molecular flexibility index (Phi) is 4.12. The van der Waals surface area contributed by atoms with E-state index in [0.717, 1.165) is 5.56 Å². The van der Waals surface area contributed by atoms with Crippen LogP contribution >= 0.6 is 0 Å². The van der Waals surface area contributed by atoms with Crippen LogP contribution in [0.25, 0.3) is 0 Å². The highest BCUT2D eigenvalue weighted by Crippen LogP contribution is 2.26. The van der Waals surface area contributed by atoms with Crippen LogP contribution in [0.1, 0.15) is 34.5 Å². The van der Waals surface area contributed by atoms with Gasteiger partial charge in [0.25, 0.3) is 0 Å². The second-order valence-electron chi connectivity index (χ2n) is 4.98. The number of benzene rings is 2. The lowest BCUT2D eigenvalue weighted by Crippen LogP contribution is -2.10. The van der Waals surface area contributed by atoms with Crippen LogP contribution in [0.2, 0.25) is 0 Å². The maximum absolute atomic E-state index is 12.9. The number of nitrogens with two attached hydrogens (primary N) is 1. The van der Waals surface area contributed by atoms with Gasteiger partial charge < -0.3 is 16.2 Å². The highest BCUT2D eigenvalue weighted by Gasteiger charge is 2.13. The second kappa shape index (κ2) is 5.83. The Balaban J connectivity index is 2.27. The Hall–Kier alpha value is -2.56. The van der Waals surface area contributed by atoms with E-state index in [4.69, 9.17) is 10.8 Å². The van der Waals surface area contributed by atoms with Crippen molar-refractivity contribution in [3.8, 4) is 0 Å². The SMILES string of the molecule is Cc1cc(NC(C)c2ccc(F)cc2)cc(C(=O)O)c1N. The van der Waals surface area contributed by atoms with E-state index < -0.39 is 5.97 Å². The van der Waals surface area contributed by atoms with E-state index >= 15 is 0 Å². The van der Waals surface area contributed by atoms with Gasteiger partial charge in [0.2, 0.25) is 0 Å². The second-order valence-corrected chi connectivity index (χ2v) is 4.98. The number of carbonyl (C=O) groups is 1. The van der Waals surface area contributed by atoms with Crippen molar-refractivity contribution in [3.05, 3.63) is 58.9 Å². The molecule has 0 aromatic heterocycles. The fourth-order valence-corrected chi connectivity index (χ4v) is 2.14. The maximum atomic E-state index is 12.9. The molecule has 1 atom stereocenters. The van der Waals surface area contributed by atoms with E-state index in [1.807, 2.05) is 6.92 Å². The van der Waals surface area contributed by atoms with E-state index in [9.17, 15) is 9.18 Å². The molecule has 0 amide bonds. The highest BCUT2D eigenvalue weighted by atomic mass is 19.1. The minimum atomic E-state index is -1.06. The summed E-state index contributed by atoms with van der Waals surface area (Å²) < 4.78 is 12.9. The molecule has 0 bridgehead atoms. The molecule has 0 saturated heterocycles. The number of aryl methyl sites for hydroxylation is 1. The molecule has 2 aromatic carbocycles. The van der Waals surface area contributed by atoms with Crippen molar-refractivity contribution >= 4 is 17.3 Å². The first kappa shape index (κ1) is 14.8. The van der Waals surface area contributed by atoms with Gasteiger partial charge in [-0.2, -0.15) is 0 Å². The molecular weight excluding hydrogens is 271 g/mol. The van der Waals surface area contributed by atoms with Gasteiger partial charge in [0.05, 0.1) is 5.56 Å². The molecule has 1 unspecified atom stereocenters. The largest absolute Gasteiger partial charge is 0.478 e. The Morgan fingerprint density at radius 2 is 1.90 bits per heavy atom. The van der Waals surface area contributed by atoms with Crippen LogP contribution in [0.4, 0.5) is 15.8 Å². The summed E-state index contributed by atoms with van der Waals surface area (Å²) in [5.74, 6) is -1.35. The number of nitrogens with one attached hydrogen (secondary N) is 1. The summed E-state index contributed by atoms with van der Waals surface area (Å²) in [7, 11) is 0. The summed E-state index contributed by atoms with van der Waals surface area (Å²) in [5.41, 5.74) is 8.37. The van der Waals surface area contributed by atoms with Crippen LogP contribution in [0, 0.1) is 12.7 Å². The average molecular weight is 288 g/mol. The molecule has 4 N–H and O–H groups in total. The molecule has 0 fully saturated rings. The van der Waals surface area contributed by atoms with Gasteiger partial charge in [-0.05, 0) is 49.2 Å². The van der Waals surface area contributed by atoms with Crippen LogP contribution in [-0.4, -0.2) is 11.1 Å². The molecule has 0 heterocycles. The van der Waals surface area contributed by atoms with E-state index in [2.05, 4.69) is 5.32 Å². The topological polar surface area (TPSA) is 75.3 Å². The van der Waals surface area contributed by atoms with Crippen LogP contribution in [0.5, 0.6) is 0 Å². The number of halogens is 1. The molecule has 0 aliphatic carbocycles. The first-order chi connectivity index (χ1) is 9.88. The molecule has 4 nitrogen and oxygen atoms in total. The van der Waals surface area contributed by atoms with Gasteiger partial charge >= 0.3 is 5.97 Å². The highest BCUT2D eigenvalue weighted by molar-refractivity contribution is 5.95. The molecule has 0 aliphatic heterocycles. The molecule has 0 aliphatic rings. The Morgan fingerprint density at radius 3 is 2.48 bits per heavy atom. The van der Waals surface area contributed by atoms with Crippen molar-refractivity contribution in [1.82, 2.24) is 0 Å². The first-order valence-electron chi connectivity index (χ1n) is 6.54. The molecule has 5 heteroatoms.